The van der Waals surface area contributed by atoms with Crippen molar-refractivity contribution in [3.63, 3.8) is 0 Å². The summed E-state index contributed by atoms with van der Waals surface area (Å²) in [5.41, 5.74) is 0. The van der Waals surface area contributed by atoms with Gasteiger partial charge in [-0.3, -0.25) is 0 Å². The van der Waals surface area contributed by atoms with E-state index in [1.807, 2.05) is 0 Å². The van der Waals surface area contributed by atoms with Gasteiger partial charge in [0.2, 0.25) is 0 Å². The molecule has 0 aromatic carbocycles. The number of halogens is 1. The minimum atomic E-state index is -0.153. The van der Waals surface area contributed by atoms with Crippen molar-refractivity contribution in [2.45, 2.75) is 0 Å². The molecule has 0 aliphatic heterocycles. The summed E-state index contributed by atoms with van der Waals surface area (Å²) in [6, 6.07) is 0. The van der Waals surface area contributed by atoms with Crippen molar-refractivity contribution in [3.05, 3.63) is 0 Å². The van der Waals surface area contributed by atoms with Crippen LogP contribution in [-0.2, 0) is 4.84 Å². The molecule has 0 aromatic rings. The van der Waals surface area contributed by atoms with E-state index in [0.29, 0.717) is 0 Å². The standard InChI is InChI=1S/CH5NO.ClH/c1-3-2;/h2H2,1H3;1H/i1D;. The fraction of sp³-hybridized carbons (Fsp3) is 1.00. The number of hydrogen-bond donors (Lipinski definition) is 1. The molecule has 0 rings (SSSR count). The van der Waals surface area contributed by atoms with E-state index in [4.69, 9.17) is 1.37 Å². The smallest absolute Gasteiger partial charge is 0.0569 e. The molecule has 4 heavy (non-hydrogen) atoms. The maximum atomic E-state index is 6.10. The Morgan fingerprint density at radius 2 is 2.50 bits per heavy atom. The molecule has 28 valence electrons. The van der Waals surface area contributed by atoms with Crippen molar-refractivity contribution in [1.29, 1.82) is 0 Å². The maximum absolute atomic E-state index is 6.10. The van der Waals surface area contributed by atoms with Crippen LogP contribution in [0.4, 0.5) is 0 Å². The molecule has 0 bridgehead atoms. The van der Waals surface area contributed by atoms with Crippen molar-refractivity contribution in [2.24, 2.45) is 5.90 Å². The fourth-order valence-electron chi connectivity index (χ4n) is 0. The monoisotopic (exact) mass is 84.0 g/mol. The van der Waals surface area contributed by atoms with E-state index in [1.54, 1.807) is 0 Å². The lowest BCUT2D eigenvalue weighted by molar-refractivity contribution is 0.206. The molecule has 0 unspecified atom stereocenters. The topological polar surface area (TPSA) is 35.2 Å². The number of rotatable bonds is 0. The highest BCUT2D eigenvalue weighted by molar-refractivity contribution is 5.85. The third-order valence-corrected chi connectivity index (χ3v) is 0. The minimum absolute atomic E-state index is 0. The lowest BCUT2D eigenvalue weighted by Crippen LogP contribution is -1.86. The molecule has 0 fully saturated rings. The summed E-state index contributed by atoms with van der Waals surface area (Å²) in [5.74, 6) is 4.34. The average molecular weight is 84.5 g/mol. The van der Waals surface area contributed by atoms with Crippen molar-refractivity contribution in [1.82, 2.24) is 0 Å². The summed E-state index contributed by atoms with van der Waals surface area (Å²) >= 11 is 0. The van der Waals surface area contributed by atoms with Gasteiger partial charge in [0.25, 0.3) is 0 Å². The van der Waals surface area contributed by atoms with E-state index in [9.17, 15) is 0 Å². The average Bonchev–Trinajstić information content (AvgIpc) is 1.37. The highest BCUT2D eigenvalue weighted by Gasteiger charge is 1.23. The third kappa shape index (κ3) is 73.4. The predicted molar refractivity (Wildman–Crippen MR) is 18.4 cm³/mol. The molecular weight excluding hydrogens is 77.5 g/mol. The molecule has 0 aliphatic rings. The van der Waals surface area contributed by atoms with Crippen LogP contribution in [0.1, 0.15) is 1.37 Å². The lowest BCUT2D eigenvalue weighted by Gasteiger charge is -1.62. The summed E-state index contributed by atoms with van der Waals surface area (Å²) in [4.78, 5) is 3.71. The Labute approximate surface area is 32.7 Å². The van der Waals surface area contributed by atoms with E-state index in [2.05, 4.69) is 10.7 Å². The second-order valence-corrected chi connectivity index (χ2v) is 0.167. The van der Waals surface area contributed by atoms with E-state index < -0.39 is 0 Å². The Morgan fingerprint density at radius 3 is 2.50 bits per heavy atom. The van der Waals surface area contributed by atoms with Crippen LogP contribution in [0, 0.1) is 0 Å². The first-order valence-corrected chi connectivity index (χ1v) is 0.524. The van der Waals surface area contributed by atoms with Gasteiger partial charge in [0, 0.05) is 0 Å². The molecule has 0 heterocycles. The Balaban J connectivity index is 0. The van der Waals surface area contributed by atoms with Crippen LogP contribution in [0.3, 0.4) is 0 Å². The molecule has 3 heteroatoms. The van der Waals surface area contributed by atoms with Gasteiger partial charge in [0.15, 0.2) is 0 Å². The highest BCUT2D eigenvalue weighted by Crippen LogP contribution is 1.14. The Bertz CT molecular complexity index is 13.6. The van der Waals surface area contributed by atoms with E-state index in [-0.39, 0.29) is 19.5 Å². The van der Waals surface area contributed by atoms with Crippen molar-refractivity contribution in [2.75, 3.05) is 7.09 Å². The second-order valence-electron chi connectivity index (χ2n) is 0.167. The summed E-state index contributed by atoms with van der Waals surface area (Å²) in [6.45, 7) is 0. The molecule has 0 atom stereocenters. The van der Waals surface area contributed by atoms with Gasteiger partial charge in [-0.15, -0.1) is 12.4 Å². The van der Waals surface area contributed by atoms with E-state index in [1.165, 1.54) is 0 Å². The zero-order chi connectivity index (χ0) is 3.41. The molecule has 0 radical (unpaired) electrons. The van der Waals surface area contributed by atoms with Crippen LogP contribution in [0.25, 0.3) is 0 Å². The maximum Gasteiger partial charge on any atom is 0.0569 e. The first-order valence-electron chi connectivity index (χ1n) is 1.23. The molecule has 0 saturated carbocycles. The van der Waals surface area contributed by atoms with Gasteiger partial charge in [-0.25, -0.2) is 5.90 Å². The van der Waals surface area contributed by atoms with Crippen LogP contribution in [0.15, 0.2) is 0 Å². The SMILES string of the molecule is Cl.[2H]CON. The van der Waals surface area contributed by atoms with Crippen LogP contribution in [-0.4, -0.2) is 7.09 Å². The first kappa shape index (κ1) is 4.21. The zero-order valence-electron chi connectivity index (χ0n) is 3.10. The largest absolute Gasteiger partial charge is 0.308 e. The van der Waals surface area contributed by atoms with Gasteiger partial charge in [-0.05, 0) is 0 Å². The summed E-state index contributed by atoms with van der Waals surface area (Å²) in [5, 5.41) is 0. The molecule has 0 aliphatic carbocycles. The minimum Gasteiger partial charge on any atom is -0.308 e. The number of nitrogens with two attached hydrogens (primary N) is 1. The van der Waals surface area contributed by atoms with Crippen LogP contribution in [0.2, 0.25) is 0 Å². The van der Waals surface area contributed by atoms with Gasteiger partial charge in [-0.2, -0.15) is 0 Å². The summed E-state index contributed by atoms with van der Waals surface area (Å²) in [7, 11) is -0.153. The zero-order valence-corrected chi connectivity index (χ0v) is 2.92. The third-order valence-electron chi connectivity index (χ3n) is 0. The molecule has 0 aromatic heterocycles. The predicted octanol–water partition coefficient (Wildman–Crippen LogP) is -0.0717. The van der Waals surface area contributed by atoms with E-state index in [0.717, 1.165) is 0 Å². The fourth-order valence-corrected chi connectivity index (χ4v) is 0. The van der Waals surface area contributed by atoms with E-state index >= 15 is 0 Å². The Kier molecular flexibility index (Phi) is 11.3. The molecule has 2 N–H and O–H groups in total. The van der Waals surface area contributed by atoms with Gasteiger partial charge < -0.3 is 4.84 Å². The number of hydrogen-bond acceptors (Lipinski definition) is 2. The molecule has 0 amide bonds. The van der Waals surface area contributed by atoms with Gasteiger partial charge >= 0.3 is 0 Å². The van der Waals surface area contributed by atoms with Crippen molar-refractivity contribution >= 4 is 12.4 Å². The molecular formula is CH6ClNO. The Morgan fingerprint density at radius 1 is 2.25 bits per heavy atom. The molecule has 0 spiro atoms. The molecule has 0 saturated heterocycles. The van der Waals surface area contributed by atoms with Gasteiger partial charge in [0.1, 0.15) is 0 Å². The summed E-state index contributed by atoms with van der Waals surface area (Å²) in [6.07, 6.45) is 0. The first-order chi connectivity index (χ1) is 1.91. The van der Waals surface area contributed by atoms with Crippen LogP contribution in [0.5, 0.6) is 0 Å². The van der Waals surface area contributed by atoms with Crippen LogP contribution < -0.4 is 5.90 Å². The van der Waals surface area contributed by atoms with Crippen molar-refractivity contribution in [3.8, 4) is 0 Å². The van der Waals surface area contributed by atoms with Gasteiger partial charge in [0.05, 0.1) is 8.46 Å². The normalized spacial score (nSPS) is 7.75. The van der Waals surface area contributed by atoms with Crippen molar-refractivity contribution < 1.29 is 6.21 Å². The molecule has 2 nitrogen and oxygen atoms in total. The highest BCUT2D eigenvalue weighted by atomic mass is 35.5. The Hall–Kier alpha value is 0.210. The summed E-state index contributed by atoms with van der Waals surface area (Å²) < 4.78 is 6.10. The van der Waals surface area contributed by atoms with Crippen LogP contribution >= 0.6 is 12.4 Å². The second kappa shape index (κ2) is 10.7. The quantitative estimate of drug-likeness (QED) is 0.417. The lowest BCUT2D eigenvalue weighted by atomic mass is 11.7. The van der Waals surface area contributed by atoms with Gasteiger partial charge in [-0.1, -0.05) is 0 Å².